The number of rotatable bonds is 13. The smallest absolute Gasteiger partial charge is 0.326 e. The first-order chi connectivity index (χ1) is 14.4. The van der Waals surface area contributed by atoms with E-state index < -0.39 is 37.9 Å². The van der Waals surface area contributed by atoms with Gasteiger partial charge in [-0.1, -0.05) is 30.3 Å². The van der Waals surface area contributed by atoms with Gasteiger partial charge in [-0.15, -0.1) is 0 Å². The number of carbonyl (C=O) groups is 2. The number of benzene rings is 1. The fourth-order valence-electron chi connectivity index (χ4n) is 3.66. The van der Waals surface area contributed by atoms with E-state index in [1.54, 1.807) is 0 Å². The van der Waals surface area contributed by atoms with Gasteiger partial charge >= 0.3 is 5.97 Å². The van der Waals surface area contributed by atoms with Crippen molar-refractivity contribution in [1.29, 1.82) is 0 Å². The minimum Gasteiger partial charge on any atom is -0.480 e. The zero-order chi connectivity index (χ0) is 21.9. The van der Waals surface area contributed by atoms with Gasteiger partial charge in [0.1, 0.15) is 18.0 Å². The molecule has 0 spiro atoms. The van der Waals surface area contributed by atoms with E-state index in [1.165, 1.54) is 4.90 Å². The van der Waals surface area contributed by atoms with Crippen molar-refractivity contribution in [2.45, 2.75) is 69.4 Å². The fourth-order valence-corrected chi connectivity index (χ4v) is 4.76. The van der Waals surface area contributed by atoms with E-state index in [2.05, 4.69) is 0 Å². The molecule has 1 saturated heterocycles. The highest BCUT2D eigenvalue weighted by atomic mass is 31.1. The van der Waals surface area contributed by atoms with Crippen molar-refractivity contribution in [3.8, 4) is 0 Å². The number of nitrogens with zero attached hydrogens (tertiary/aromatic N) is 1. The summed E-state index contributed by atoms with van der Waals surface area (Å²) in [6.07, 6.45) is 3.25. The standard InChI is InChI=1S/C21H33N2O6P/c22-14-5-4-12-18(20(25)23-15-7-11-17(23)21(26)27)29-30(28)19(24)13-6-10-16-8-2-1-3-9-16/h1-3,8-9,17-19,24,30H,4-7,10-15,22H2,(H,26,27)/t17-,18?,19-/m0/s1. The molecule has 4 atom stereocenters. The highest BCUT2D eigenvalue weighted by Gasteiger charge is 2.38. The van der Waals surface area contributed by atoms with Crippen molar-refractivity contribution in [2.24, 2.45) is 5.73 Å². The highest BCUT2D eigenvalue weighted by molar-refractivity contribution is 7.39. The monoisotopic (exact) mass is 440 g/mol. The van der Waals surface area contributed by atoms with Crippen LogP contribution in [0.1, 0.15) is 50.5 Å². The van der Waals surface area contributed by atoms with Crippen LogP contribution in [0, 0.1) is 0 Å². The van der Waals surface area contributed by atoms with Crippen LogP contribution in [0.4, 0.5) is 0 Å². The van der Waals surface area contributed by atoms with E-state index >= 15 is 0 Å². The van der Waals surface area contributed by atoms with Crippen LogP contribution in [0.2, 0.25) is 0 Å². The lowest BCUT2D eigenvalue weighted by Gasteiger charge is -2.27. The van der Waals surface area contributed by atoms with E-state index in [0.717, 1.165) is 12.0 Å². The number of aliphatic carboxylic acids is 1. The largest absolute Gasteiger partial charge is 0.480 e. The summed E-state index contributed by atoms with van der Waals surface area (Å²) in [5, 5.41) is 19.6. The predicted octanol–water partition coefficient (Wildman–Crippen LogP) is 2.39. The predicted molar refractivity (Wildman–Crippen MR) is 115 cm³/mol. The number of aryl methyl sites for hydroxylation is 1. The molecule has 30 heavy (non-hydrogen) atoms. The number of unbranched alkanes of at least 4 members (excludes halogenated alkanes) is 1. The summed E-state index contributed by atoms with van der Waals surface area (Å²) in [4.78, 5) is 25.6. The van der Waals surface area contributed by atoms with E-state index in [4.69, 9.17) is 10.3 Å². The van der Waals surface area contributed by atoms with E-state index in [1.807, 2.05) is 30.3 Å². The van der Waals surface area contributed by atoms with Crippen LogP contribution < -0.4 is 5.73 Å². The molecule has 1 heterocycles. The average molecular weight is 440 g/mol. The van der Waals surface area contributed by atoms with Gasteiger partial charge in [0.05, 0.1) is 0 Å². The zero-order valence-corrected chi connectivity index (χ0v) is 18.2. The minimum absolute atomic E-state index is 0.298. The van der Waals surface area contributed by atoms with E-state index in [-0.39, 0.29) is 0 Å². The molecule has 0 saturated carbocycles. The third kappa shape index (κ3) is 7.51. The summed E-state index contributed by atoms with van der Waals surface area (Å²) in [7, 11) is -2.89. The molecule has 0 aliphatic carbocycles. The number of hydrogen-bond acceptors (Lipinski definition) is 6. The van der Waals surface area contributed by atoms with Gasteiger partial charge in [0.25, 0.3) is 5.91 Å². The Morgan fingerprint density at radius 1 is 1.20 bits per heavy atom. The van der Waals surface area contributed by atoms with Crippen molar-refractivity contribution in [3.05, 3.63) is 35.9 Å². The number of carbonyl (C=O) groups excluding carboxylic acids is 1. The number of carboxylic acids is 1. The maximum absolute atomic E-state index is 12.9. The van der Waals surface area contributed by atoms with Crippen LogP contribution >= 0.6 is 8.03 Å². The second-order valence-corrected chi connectivity index (χ2v) is 9.17. The molecule has 1 fully saturated rings. The van der Waals surface area contributed by atoms with Crippen LogP contribution in [0.25, 0.3) is 0 Å². The van der Waals surface area contributed by atoms with Crippen LogP contribution in [0.3, 0.4) is 0 Å². The second-order valence-electron chi connectivity index (χ2n) is 7.63. The molecular formula is C21H33N2O6P. The third-order valence-electron chi connectivity index (χ3n) is 5.33. The fraction of sp³-hybridized carbons (Fsp3) is 0.619. The van der Waals surface area contributed by atoms with Crippen LogP contribution in [0.15, 0.2) is 30.3 Å². The molecule has 168 valence electrons. The average Bonchev–Trinajstić information content (AvgIpc) is 3.23. The first-order valence-corrected chi connectivity index (χ1v) is 12.0. The third-order valence-corrected chi connectivity index (χ3v) is 6.68. The topological polar surface area (TPSA) is 130 Å². The van der Waals surface area contributed by atoms with Gasteiger partial charge in [-0.05, 0) is 63.5 Å². The van der Waals surface area contributed by atoms with Crippen LogP contribution in [-0.4, -0.2) is 58.1 Å². The number of aliphatic hydroxyl groups is 1. The number of amides is 1. The van der Waals surface area contributed by atoms with Gasteiger partial charge in [-0.3, -0.25) is 9.36 Å². The molecule has 0 bridgehead atoms. The molecule has 1 aliphatic rings. The Morgan fingerprint density at radius 2 is 1.93 bits per heavy atom. The molecule has 8 nitrogen and oxygen atoms in total. The summed E-state index contributed by atoms with van der Waals surface area (Å²) < 4.78 is 18.1. The number of nitrogens with two attached hydrogens (primary N) is 1. The molecule has 0 radical (unpaired) electrons. The van der Waals surface area contributed by atoms with Gasteiger partial charge in [0.2, 0.25) is 8.03 Å². The summed E-state index contributed by atoms with van der Waals surface area (Å²) in [5.74, 6) is -2.65. The Hall–Kier alpha value is -1.73. The number of hydrogen-bond donors (Lipinski definition) is 3. The molecule has 0 aromatic heterocycles. The Kier molecular flexibility index (Phi) is 10.5. The van der Waals surface area contributed by atoms with Crippen molar-refractivity contribution >= 4 is 19.9 Å². The lowest BCUT2D eigenvalue weighted by molar-refractivity contribution is -0.151. The molecule has 2 rings (SSSR count). The normalized spacial score (nSPS) is 19.4. The first-order valence-electron chi connectivity index (χ1n) is 10.6. The Bertz CT molecular complexity index is 702. The summed E-state index contributed by atoms with van der Waals surface area (Å²) in [6, 6.07) is 8.93. The molecule has 1 aromatic carbocycles. The minimum atomic E-state index is -2.89. The van der Waals surface area contributed by atoms with Crippen molar-refractivity contribution < 1.29 is 28.9 Å². The van der Waals surface area contributed by atoms with Crippen LogP contribution in [0.5, 0.6) is 0 Å². The Balaban J connectivity index is 1.92. The molecule has 1 aliphatic heterocycles. The Morgan fingerprint density at radius 3 is 2.60 bits per heavy atom. The second kappa shape index (κ2) is 12.8. The molecular weight excluding hydrogens is 407 g/mol. The molecule has 1 aromatic rings. The molecule has 1 amide bonds. The number of likely N-dealkylation sites (tertiary alicyclic amines) is 1. The molecule has 9 heteroatoms. The zero-order valence-electron chi connectivity index (χ0n) is 17.2. The van der Waals surface area contributed by atoms with Gasteiger partial charge < -0.3 is 25.4 Å². The summed E-state index contributed by atoms with van der Waals surface area (Å²) >= 11 is 0. The molecule has 4 N–H and O–H groups in total. The van der Waals surface area contributed by atoms with Gasteiger partial charge in [0.15, 0.2) is 0 Å². The summed E-state index contributed by atoms with van der Waals surface area (Å²) in [5.41, 5.74) is 6.65. The Labute approximate surface area is 178 Å². The van der Waals surface area contributed by atoms with E-state index in [9.17, 15) is 24.4 Å². The van der Waals surface area contributed by atoms with Crippen LogP contribution in [-0.2, 0) is 25.1 Å². The van der Waals surface area contributed by atoms with Gasteiger partial charge in [-0.25, -0.2) is 4.79 Å². The van der Waals surface area contributed by atoms with Crippen molar-refractivity contribution in [3.63, 3.8) is 0 Å². The van der Waals surface area contributed by atoms with E-state index in [0.29, 0.717) is 58.0 Å². The summed E-state index contributed by atoms with van der Waals surface area (Å²) in [6.45, 7) is 0.798. The van der Waals surface area contributed by atoms with Gasteiger partial charge in [0, 0.05) is 6.54 Å². The first kappa shape index (κ1) is 24.5. The quantitative estimate of drug-likeness (QED) is 0.317. The van der Waals surface area contributed by atoms with Crippen molar-refractivity contribution in [1.82, 2.24) is 4.90 Å². The number of carboxylic acid groups (broad SMARTS) is 1. The lowest BCUT2D eigenvalue weighted by atomic mass is 10.1. The maximum atomic E-state index is 12.9. The van der Waals surface area contributed by atoms with Crippen molar-refractivity contribution in [2.75, 3.05) is 13.1 Å². The maximum Gasteiger partial charge on any atom is 0.326 e. The number of aliphatic hydroxyl groups excluding tert-OH is 1. The van der Waals surface area contributed by atoms with Gasteiger partial charge in [-0.2, -0.15) is 0 Å². The highest BCUT2D eigenvalue weighted by Crippen LogP contribution is 2.35. The SMILES string of the molecule is NCCCCC(O[PH](=O)[C@H](O)CCCc1ccccc1)C(=O)N1CCC[C@H]1C(=O)O. The lowest BCUT2D eigenvalue weighted by Crippen LogP contribution is -2.46. The molecule has 2 unspecified atom stereocenters.